The maximum Gasteiger partial charge on any atom is 0.277 e. The average molecular weight is 386 g/mol. The van der Waals surface area contributed by atoms with Crippen LogP contribution in [0.4, 0.5) is 0 Å². The Morgan fingerprint density at radius 2 is 1.50 bits per heavy atom. The van der Waals surface area contributed by atoms with Crippen LogP contribution in [-0.4, -0.2) is 28.5 Å². The molecule has 3 amide bonds. The first-order valence-electron chi connectivity index (χ1n) is 7.49. The number of halogens is 2. The minimum Gasteiger partial charge on any atom is -0.305 e. The van der Waals surface area contributed by atoms with Crippen molar-refractivity contribution in [2.24, 2.45) is 4.99 Å². The van der Waals surface area contributed by atoms with Crippen molar-refractivity contribution < 1.29 is 14.4 Å². The van der Waals surface area contributed by atoms with Gasteiger partial charge in [-0.2, -0.15) is 0 Å². The number of amides is 3. The molecule has 2 heterocycles. The molecule has 8 heteroatoms. The Hall–Kier alpha value is -2.96. The Bertz CT molecular complexity index is 1000. The lowest BCUT2D eigenvalue weighted by molar-refractivity contribution is -0.115. The standard InChI is InChI=1S/C18H9Cl2N3O3/c19-10-5-9(6-11(20)7-10)15-21-14(16(24)22-15)8-23-17(25)12-3-1-2-4-13(12)18(23)26/h1-8H,(H,21,22,24). The number of fused-ring (bicyclic) bond motifs is 1. The van der Waals surface area contributed by atoms with Crippen LogP contribution >= 0.6 is 23.2 Å². The monoisotopic (exact) mass is 385 g/mol. The van der Waals surface area contributed by atoms with Crippen LogP contribution in [0.1, 0.15) is 26.3 Å². The van der Waals surface area contributed by atoms with Gasteiger partial charge in [-0.15, -0.1) is 0 Å². The quantitative estimate of drug-likeness (QED) is 0.637. The fourth-order valence-electron chi connectivity index (χ4n) is 2.73. The molecule has 0 saturated heterocycles. The molecule has 26 heavy (non-hydrogen) atoms. The maximum absolute atomic E-state index is 12.4. The zero-order valence-electron chi connectivity index (χ0n) is 13.0. The second-order valence-corrected chi connectivity index (χ2v) is 6.49. The largest absolute Gasteiger partial charge is 0.305 e. The summed E-state index contributed by atoms with van der Waals surface area (Å²) in [6, 6.07) is 11.2. The van der Waals surface area contributed by atoms with E-state index in [1.807, 2.05) is 0 Å². The Kier molecular flexibility index (Phi) is 3.86. The molecule has 0 atom stereocenters. The highest BCUT2D eigenvalue weighted by atomic mass is 35.5. The van der Waals surface area contributed by atoms with Crippen LogP contribution in [0.5, 0.6) is 0 Å². The first kappa shape index (κ1) is 16.5. The van der Waals surface area contributed by atoms with Gasteiger partial charge in [0.05, 0.1) is 11.1 Å². The number of carbonyl (C=O) groups is 3. The van der Waals surface area contributed by atoms with Gasteiger partial charge in [-0.1, -0.05) is 35.3 Å². The number of nitrogens with zero attached hydrogens (tertiary/aromatic N) is 2. The van der Waals surface area contributed by atoms with Gasteiger partial charge in [0.1, 0.15) is 11.5 Å². The number of benzene rings is 2. The first-order valence-corrected chi connectivity index (χ1v) is 8.25. The van der Waals surface area contributed by atoms with Crippen molar-refractivity contribution in [2.45, 2.75) is 0 Å². The second-order valence-electron chi connectivity index (χ2n) is 5.61. The second kappa shape index (κ2) is 6.09. The highest BCUT2D eigenvalue weighted by molar-refractivity contribution is 6.35. The molecular formula is C18H9Cl2N3O3. The van der Waals surface area contributed by atoms with E-state index in [0.717, 1.165) is 11.1 Å². The third-order valence-electron chi connectivity index (χ3n) is 3.91. The molecule has 0 fully saturated rings. The van der Waals surface area contributed by atoms with E-state index in [-0.39, 0.29) is 11.5 Å². The van der Waals surface area contributed by atoms with E-state index in [9.17, 15) is 14.4 Å². The lowest BCUT2D eigenvalue weighted by Crippen LogP contribution is -2.27. The molecule has 4 rings (SSSR count). The van der Waals surface area contributed by atoms with E-state index in [2.05, 4.69) is 10.3 Å². The Morgan fingerprint density at radius 1 is 0.923 bits per heavy atom. The minimum atomic E-state index is -0.535. The van der Waals surface area contributed by atoms with Crippen molar-refractivity contribution in [1.29, 1.82) is 0 Å². The van der Waals surface area contributed by atoms with Crippen LogP contribution in [0.3, 0.4) is 0 Å². The van der Waals surface area contributed by atoms with Crippen molar-refractivity contribution in [3.63, 3.8) is 0 Å². The summed E-state index contributed by atoms with van der Waals surface area (Å²) in [5, 5.41) is 3.36. The minimum absolute atomic E-state index is 0.0643. The topological polar surface area (TPSA) is 78.8 Å². The first-order chi connectivity index (χ1) is 12.4. The molecule has 1 N–H and O–H groups in total. The van der Waals surface area contributed by atoms with Crippen molar-refractivity contribution in [3.8, 4) is 0 Å². The van der Waals surface area contributed by atoms with Crippen molar-refractivity contribution in [3.05, 3.63) is 81.1 Å². The smallest absolute Gasteiger partial charge is 0.277 e. The van der Waals surface area contributed by atoms with Gasteiger partial charge in [0.25, 0.3) is 17.7 Å². The number of aliphatic imine (C=N–C) groups is 1. The van der Waals surface area contributed by atoms with Crippen LogP contribution in [0.25, 0.3) is 0 Å². The molecular weight excluding hydrogens is 377 g/mol. The molecule has 0 aromatic heterocycles. The molecule has 0 saturated carbocycles. The summed E-state index contributed by atoms with van der Waals surface area (Å²) < 4.78 is 0. The third kappa shape index (κ3) is 2.69. The van der Waals surface area contributed by atoms with Crippen LogP contribution in [0, 0.1) is 0 Å². The van der Waals surface area contributed by atoms with Crippen LogP contribution < -0.4 is 5.32 Å². The number of amidine groups is 1. The molecule has 0 bridgehead atoms. The number of nitrogens with one attached hydrogen (secondary N) is 1. The molecule has 0 aliphatic carbocycles. The van der Waals surface area contributed by atoms with Gasteiger partial charge < -0.3 is 5.32 Å². The Balaban J connectivity index is 1.70. The van der Waals surface area contributed by atoms with Gasteiger partial charge >= 0.3 is 0 Å². The number of hydrogen-bond donors (Lipinski definition) is 1. The maximum atomic E-state index is 12.4. The van der Waals surface area contributed by atoms with Crippen molar-refractivity contribution >= 4 is 46.8 Å². The normalized spacial score (nSPS) is 17.6. The zero-order valence-corrected chi connectivity index (χ0v) is 14.5. The van der Waals surface area contributed by atoms with Gasteiger partial charge in [0.2, 0.25) is 0 Å². The van der Waals surface area contributed by atoms with Crippen molar-refractivity contribution in [1.82, 2.24) is 10.2 Å². The SMILES string of the molecule is O=C1NC(c2cc(Cl)cc(Cl)c2)=NC1=CN1C(=O)c2ccccc2C1=O. The molecule has 128 valence electrons. The van der Waals surface area contributed by atoms with Crippen molar-refractivity contribution in [2.75, 3.05) is 0 Å². The molecule has 6 nitrogen and oxygen atoms in total. The third-order valence-corrected chi connectivity index (χ3v) is 4.35. The molecule has 2 aromatic rings. The molecule has 2 aliphatic rings. The zero-order chi connectivity index (χ0) is 18.4. The van der Waals surface area contributed by atoms with E-state index in [1.165, 1.54) is 0 Å². The van der Waals surface area contributed by atoms with Gasteiger partial charge in [-0.3, -0.25) is 14.4 Å². The lowest BCUT2D eigenvalue weighted by atomic mass is 10.1. The van der Waals surface area contributed by atoms with E-state index in [4.69, 9.17) is 23.2 Å². The summed E-state index contributed by atoms with van der Waals surface area (Å²) in [7, 11) is 0. The number of hydrogen-bond acceptors (Lipinski definition) is 4. The highest BCUT2D eigenvalue weighted by Gasteiger charge is 2.35. The fraction of sp³-hybridized carbons (Fsp3) is 0. The molecule has 2 aliphatic heterocycles. The summed E-state index contributed by atoms with van der Waals surface area (Å²) in [5.74, 6) is -1.30. The van der Waals surface area contributed by atoms with Gasteiger partial charge in [0.15, 0.2) is 0 Å². The number of rotatable bonds is 2. The summed E-state index contributed by atoms with van der Waals surface area (Å²) in [4.78, 5) is 42.0. The number of carbonyl (C=O) groups excluding carboxylic acids is 3. The van der Waals surface area contributed by atoms with E-state index >= 15 is 0 Å². The summed E-state index contributed by atoms with van der Waals surface area (Å²) in [6.07, 6.45) is 1.14. The Labute approximate surface area is 157 Å². The van der Waals surface area contributed by atoms with Gasteiger partial charge in [-0.25, -0.2) is 9.89 Å². The summed E-state index contributed by atoms with van der Waals surface area (Å²) >= 11 is 11.9. The summed E-state index contributed by atoms with van der Waals surface area (Å²) in [5.41, 5.74) is 1.03. The van der Waals surface area contributed by atoms with E-state index in [0.29, 0.717) is 26.7 Å². The fourth-order valence-corrected chi connectivity index (χ4v) is 3.26. The predicted octanol–water partition coefficient (Wildman–Crippen LogP) is 3.01. The van der Waals surface area contributed by atoms with E-state index < -0.39 is 17.7 Å². The summed E-state index contributed by atoms with van der Waals surface area (Å²) in [6.45, 7) is 0. The van der Waals surface area contributed by atoms with Gasteiger partial charge in [-0.05, 0) is 30.3 Å². The molecule has 0 radical (unpaired) electrons. The van der Waals surface area contributed by atoms with Crippen LogP contribution in [0.2, 0.25) is 10.0 Å². The molecule has 2 aromatic carbocycles. The van der Waals surface area contributed by atoms with E-state index in [1.54, 1.807) is 42.5 Å². The van der Waals surface area contributed by atoms with Gasteiger partial charge in [0, 0.05) is 21.8 Å². The average Bonchev–Trinajstić information content (AvgIpc) is 3.08. The van der Waals surface area contributed by atoms with Crippen LogP contribution in [-0.2, 0) is 4.79 Å². The molecule has 0 unspecified atom stereocenters. The predicted molar refractivity (Wildman–Crippen MR) is 96.2 cm³/mol. The lowest BCUT2D eigenvalue weighted by Gasteiger charge is -2.07. The number of imide groups is 1. The molecule has 0 spiro atoms. The van der Waals surface area contributed by atoms with Crippen LogP contribution in [0.15, 0.2) is 59.4 Å². The Morgan fingerprint density at radius 3 is 2.08 bits per heavy atom. The highest BCUT2D eigenvalue weighted by Crippen LogP contribution is 2.25.